The minimum atomic E-state index is -3.55. The molecule has 2 atom stereocenters. The summed E-state index contributed by atoms with van der Waals surface area (Å²) in [5, 5.41) is 0. The second-order valence-corrected chi connectivity index (χ2v) is 8.61. The molecule has 0 spiro atoms. The van der Waals surface area contributed by atoms with Gasteiger partial charge in [-0.05, 0) is 11.1 Å². The molecule has 1 aromatic heterocycles. The van der Waals surface area contributed by atoms with Gasteiger partial charge < -0.3 is 14.0 Å². The number of aromatic nitrogens is 2. The van der Waals surface area contributed by atoms with Crippen LogP contribution in [0.1, 0.15) is 5.56 Å². The Bertz CT molecular complexity index is 1040. The second-order valence-electron chi connectivity index (χ2n) is 6.97. The first-order valence-electron chi connectivity index (χ1n) is 9.21. The lowest BCUT2D eigenvalue weighted by Crippen LogP contribution is -2.34. The fourth-order valence-corrected chi connectivity index (χ4v) is 3.74. The van der Waals surface area contributed by atoms with Crippen LogP contribution < -0.4 is 0 Å². The molecule has 2 aromatic carbocycles. The van der Waals surface area contributed by atoms with Crippen LogP contribution in [0.2, 0.25) is 0 Å². The summed E-state index contributed by atoms with van der Waals surface area (Å²) in [6.07, 6.45) is 5.72. The van der Waals surface area contributed by atoms with E-state index in [2.05, 4.69) is 17.1 Å². The summed E-state index contributed by atoms with van der Waals surface area (Å²) in [6, 6.07) is 18.1. The van der Waals surface area contributed by atoms with Crippen molar-refractivity contribution in [1.29, 1.82) is 0 Å². The number of hydrogen-bond donors (Lipinski definition) is 0. The van der Waals surface area contributed by atoms with Crippen LogP contribution >= 0.6 is 0 Å². The highest BCUT2D eigenvalue weighted by Crippen LogP contribution is 2.37. The van der Waals surface area contributed by atoms with Crippen LogP contribution in [0.25, 0.3) is 11.1 Å². The molecule has 0 saturated carbocycles. The Morgan fingerprint density at radius 3 is 2.52 bits per heavy atom. The summed E-state index contributed by atoms with van der Waals surface area (Å²) in [4.78, 5) is 4.08. The predicted molar refractivity (Wildman–Crippen MR) is 107 cm³/mol. The molecule has 8 heteroatoms. The first-order chi connectivity index (χ1) is 13.9. The quantitative estimate of drug-likeness (QED) is 0.553. The minimum absolute atomic E-state index is 0.0907. The van der Waals surface area contributed by atoms with Crippen molar-refractivity contribution in [1.82, 2.24) is 9.55 Å². The summed E-state index contributed by atoms with van der Waals surface area (Å²) < 4.78 is 41.7. The summed E-state index contributed by atoms with van der Waals surface area (Å²) in [7, 11) is -3.55. The van der Waals surface area contributed by atoms with Gasteiger partial charge in [0, 0.05) is 18.0 Å². The van der Waals surface area contributed by atoms with Gasteiger partial charge in [0.05, 0.1) is 32.3 Å². The van der Waals surface area contributed by atoms with Gasteiger partial charge in [-0.25, -0.2) is 4.98 Å². The van der Waals surface area contributed by atoms with Crippen molar-refractivity contribution >= 4 is 10.1 Å². The summed E-state index contributed by atoms with van der Waals surface area (Å²) in [5.74, 6) is -1.05. The second kappa shape index (κ2) is 8.08. The van der Waals surface area contributed by atoms with Gasteiger partial charge in [0.2, 0.25) is 5.79 Å². The molecule has 1 saturated heterocycles. The van der Waals surface area contributed by atoms with Crippen LogP contribution in [0.4, 0.5) is 0 Å². The van der Waals surface area contributed by atoms with Crippen LogP contribution in [0, 0.1) is 0 Å². The summed E-state index contributed by atoms with van der Waals surface area (Å²) >= 11 is 0. The van der Waals surface area contributed by atoms with Crippen molar-refractivity contribution in [2.45, 2.75) is 18.4 Å². The molecule has 0 bridgehead atoms. The normalized spacial score (nSPS) is 22.0. The van der Waals surface area contributed by atoms with Gasteiger partial charge in [0.25, 0.3) is 10.1 Å². The molecule has 3 aromatic rings. The molecular weight excluding hydrogens is 392 g/mol. The van der Waals surface area contributed by atoms with Crippen LogP contribution in [0.5, 0.6) is 0 Å². The third kappa shape index (κ3) is 4.73. The fourth-order valence-electron chi connectivity index (χ4n) is 3.34. The van der Waals surface area contributed by atoms with Gasteiger partial charge in [-0.3, -0.25) is 4.18 Å². The van der Waals surface area contributed by atoms with Gasteiger partial charge in [0.1, 0.15) is 6.10 Å². The van der Waals surface area contributed by atoms with E-state index in [1.807, 2.05) is 53.2 Å². The zero-order valence-corrected chi connectivity index (χ0v) is 16.8. The molecule has 7 nitrogen and oxygen atoms in total. The highest BCUT2D eigenvalue weighted by atomic mass is 32.2. The predicted octanol–water partition coefficient (Wildman–Crippen LogP) is 2.79. The standard InChI is InChI=1S/C21H22N2O5S/c1-29(24,25)27-14-20-13-26-21(28-20,15-23-12-11-22-16-23)19-9-7-18(8-10-19)17-5-3-2-4-6-17/h2-12,16,20H,13-15H2,1H3/t20-,21+/m1/s1. The van der Waals surface area contributed by atoms with E-state index in [4.69, 9.17) is 13.7 Å². The van der Waals surface area contributed by atoms with Crippen LogP contribution in [0.3, 0.4) is 0 Å². The molecule has 4 rings (SSSR count). The van der Waals surface area contributed by atoms with E-state index < -0.39 is 22.0 Å². The fraction of sp³-hybridized carbons (Fsp3) is 0.286. The van der Waals surface area contributed by atoms with Crippen LogP contribution in [0.15, 0.2) is 73.3 Å². The van der Waals surface area contributed by atoms with Gasteiger partial charge >= 0.3 is 0 Å². The lowest BCUT2D eigenvalue weighted by Gasteiger charge is -2.29. The lowest BCUT2D eigenvalue weighted by atomic mass is 10.00. The Morgan fingerprint density at radius 2 is 1.86 bits per heavy atom. The van der Waals surface area contributed by atoms with Crippen LogP contribution in [-0.2, 0) is 36.1 Å². The Labute approximate surface area is 170 Å². The molecular formula is C21H22N2O5S. The zero-order chi connectivity index (χ0) is 20.3. The molecule has 0 amide bonds. The maximum atomic E-state index is 11.3. The Balaban J connectivity index is 1.59. The highest BCUT2D eigenvalue weighted by Gasteiger charge is 2.44. The molecule has 0 aliphatic carbocycles. The topological polar surface area (TPSA) is 79.7 Å². The van der Waals surface area contributed by atoms with Crippen molar-refractivity contribution in [3.05, 3.63) is 78.9 Å². The zero-order valence-electron chi connectivity index (χ0n) is 16.0. The van der Waals surface area contributed by atoms with Gasteiger partial charge in [-0.15, -0.1) is 0 Å². The molecule has 152 valence electrons. The van der Waals surface area contributed by atoms with Crippen molar-refractivity contribution in [2.24, 2.45) is 0 Å². The van der Waals surface area contributed by atoms with Gasteiger partial charge in [0.15, 0.2) is 0 Å². The number of ether oxygens (including phenoxy) is 2. The van der Waals surface area contributed by atoms with E-state index in [0.29, 0.717) is 6.54 Å². The number of hydrogen-bond acceptors (Lipinski definition) is 6. The first kappa shape index (κ1) is 19.8. The average Bonchev–Trinajstić information content (AvgIpc) is 3.38. The van der Waals surface area contributed by atoms with E-state index in [0.717, 1.165) is 22.9 Å². The monoisotopic (exact) mass is 414 g/mol. The molecule has 2 heterocycles. The van der Waals surface area contributed by atoms with E-state index in [-0.39, 0.29) is 13.2 Å². The van der Waals surface area contributed by atoms with Crippen LogP contribution in [-0.4, -0.2) is 43.5 Å². The van der Waals surface area contributed by atoms with Crippen molar-refractivity contribution in [2.75, 3.05) is 19.5 Å². The smallest absolute Gasteiger partial charge is 0.264 e. The Hall–Kier alpha value is -2.52. The van der Waals surface area contributed by atoms with E-state index in [1.165, 1.54) is 0 Å². The first-order valence-corrected chi connectivity index (χ1v) is 11.0. The maximum Gasteiger partial charge on any atom is 0.264 e. The maximum absolute atomic E-state index is 11.3. The van der Waals surface area contributed by atoms with Crippen molar-refractivity contribution in [3.63, 3.8) is 0 Å². The van der Waals surface area contributed by atoms with E-state index in [9.17, 15) is 8.42 Å². The summed E-state index contributed by atoms with van der Waals surface area (Å²) in [6.45, 7) is 0.518. The largest absolute Gasteiger partial charge is 0.342 e. The number of rotatable bonds is 7. The molecule has 0 unspecified atom stereocenters. The highest BCUT2D eigenvalue weighted by molar-refractivity contribution is 7.85. The molecule has 1 fully saturated rings. The average molecular weight is 414 g/mol. The van der Waals surface area contributed by atoms with E-state index in [1.54, 1.807) is 12.5 Å². The molecule has 1 aliphatic rings. The minimum Gasteiger partial charge on any atom is -0.342 e. The van der Waals surface area contributed by atoms with Gasteiger partial charge in [-0.2, -0.15) is 8.42 Å². The lowest BCUT2D eigenvalue weighted by molar-refractivity contribution is -0.189. The molecule has 29 heavy (non-hydrogen) atoms. The molecule has 1 aliphatic heterocycles. The molecule has 0 radical (unpaired) electrons. The number of imidazole rings is 1. The molecule has 0 N–H and O–H groups in total. The summed E-state index contributed by atoms with van der Waals surface area (Å²) in [5.41, 5.74) is 3.05. The van der Waals surface area contributed by atoms with Crippen molar-refractivity contribution < 1.29 is 22.1 Å². The third-order valence-corrected chi connectivity index (χ3v) is 5.27. The Kier molecular flexibility index (Phi) is 5.51. The number of benzene rings is 2. The van der Waals surface area contributed by atoms with Gasteiger partial charge in [-0.1, -0.05) is 54.6 Å². The van der Waals surface area contributed by atoms with Crippen molar-refractivity contribution in [3.8, 4) is 11.1 Å². The number of nitrogens with zero attached hydrogens (tertiary/aromatic N) is 2. The third-order valence-electron chi connectivity index (χ3n) is 4.71. The SMILES string of the molecule is CS(=O)(=O)OC[C@H]1CO[C@](Cn2ccnc2)(c2ccc(-c3ccccc3)cc2)O1. The Morgan fingerprint density at radius 1 is 1.14 bits per heavy atom. The van der Waals surface area contributed by atoms with E-state index >= 15 is 0 Å².